The number of likely N-dealkylation sites (N-methyl/N-ethyl adjacent to an activating group) is 1. The second-order valence-electron chi connectivity index (χ2n) is 7.49. The van der Waals surface area contributed by atoms with Crippen LogP contribution in [-0.4, -0.2) is 58.6 Å². The lowest BCUT2D eigenvalue weighted by Crippen LogP contribution is -2.39. The third-order valence-electron chi connectivity index (χ3n) is 5.10. The van der Waals surface area contributed by atoms with E-state index in [4.69, 9.17) is 16.3 Å². The molecule has 0 radical (unpaired) electrons. The molecule has 0 fully saturated rings. The Hall–Kier alpha value is -2.78. The molecule has 0 saturated heterocycles. The Bertz CT molecular complexity index is 1070. The van der Waals surface area contributed by atoms with Crippen LogP contribution in [0, 0.1) is 5.82 Å². The van der Waals surface area contributed by atoms with Gasteiger partial charge in [0, 0.05) is 24.2 Å². The number of aliphatic hydroxyl groups is 2. The van der Waals surface area contributed by atoms with Gasteiger partial charge in [-0.05, 0) is 36.6 Å². The fourth-order valence-corrected chi connectivity index (χ4v) is 3.48. The number of aromatic nitrogens is 1. The van der Waals surface area contributed by atoms with Crippen molar-refractivity contribution in [2.45, 2.75) is 25.1 Å². The van der Waals surface area contributed by atoms with E-state index in [0.717, 1.165) is 10.8 Å². The zero-order valence-corrected chi connectivity index (χ0v) is 18.3. The highest BCUT2D eigenvalue weighted by Crippen LogP contribution is 2.22. The van der Waals surface area contributed by atoms with Crippen LogP contribution in [0.25, 0.3) is 10.8 Å². The Labute approximate surface area is 190 Å². The molecule has 1 aromatic heterocycles. The lowest BCUT2D eigenvalue weighted by Gasteiger charge is -2.29. The average Bonchev–Trinajstić information content (AvgIpc) is 2.79. The van der Waals surface area contributed by atoms with Gasteiger partial charge >= 0.3 is 6.09 Å². The molecule has 32 heavy (non-hydrogen) atoms. The number of fused-ring (bicyclic) bond motifs is 1. The summed E-state index contributed by atoms with van der Waals surface area (Å²) >= 11 is 6.04. The largest absolute Gasteiger partial charge is 0.448 e. The predicted octanol–water partition coefficient (Wildman–Crippen LogP) is 3.82. The molecule has 170 valence electrons. The van der Waals surface area contributed by atoms with Gasteiger partial charge in [0.05, 0.1) is 17.7 Å². The number of ether oxygens (including phenoxy) is 1. The summed E-state index contributed by atoms with van der Waals surface area (Å²) in [6, 6.07) is 13.4. The molecule has 0 bridgehead atoms. The van der Waals surface area contributed by atoms with Crippen molar-refractivity contribution in [3.8, 4) is 0 Å². The standard InChI is InChI=1S/C23H25ClFN3O4/c1-28(12-17-7-4-8-20(25)22(17)24)18(10-19(30)13-29)14-32-23(31)27-21-9-15-5-2-3-6-16(15)11-26-21/h2-9,11,18-19,29-30H,10,12-14H2,1H3,(H,26,27,31)/t18-,19-/m0/s1. The fraction of sp³-hybridized carbons (Fsp3) is 0.304. The van der Waals surface area contributed by atoms with Crippen LogP contribution in [0.15, 0.2) is 54.7 Å². The minimum atomic E-state index is -1.00. The SMILES string of the molecule is CN(Cc1cccc(F)c1Cl)[C@H](COC(=O)Nc1cc2ccccc2cn1)C[C@H](O)CO. The molecule has 3 N–H and O–H groups in total. The quantitative estimate of drug-likeness (QED) is 0.448. The van der Waals surface area contributed by atoms with Gasteiger partial charge in [-0.2, -0.15) is 0 Å². The van der Waals surface area contributed by atoms with Gasteiger partial charge < -0.3 is 14.9 Å². The minimum Gasteiger partial charge on any atom is -0.448 e. The molecule has 0 saturated carbocycles. The molecule has 1 amide bonds. The normalized spacial score (nSPS) is 13.2. The molecular weight excluding hydrogens is 437 g/mol. The van der Waals surface area contributed by atoms with Crippen LogP contribution < -0.4 is 5.32 Å². The van der Waals surface area contributed by atoms with Gasteiger partial charge in [-0.15, -0.1) is 0 Å². The van der Waals surface area contributed by atoms with Crippen LogP contribution in [0.1, 0.15) is 12.0 Å². The number of carbonyl (C=O) groups is 1. The zero-order chi connectivity index (χ0) is 23.1. The summed E-state index contributed by atoms with van der Waals surface area (Å²) in [6.45, 7) is -0.241. The summed E-state index contributed by atoms with van der Waals surface area (Å²) < 4.78 is 19.1. The van der Waals surface area contributed by atoms with Gasteiger partial charge in [0.25, 0.3) is 0 Å². The van der Waals surface area contributed by atoms with Gasteiger partial charge in [0.15, 0.2) is 0 Å². The molecule has 0 aliphatic carbocycles. The van der Waals surface area contributed by atoms with Crippen molar-refractivity contribution in [1.82, 2.24) is 9.88 Å². The number of hydrogen-bond acceptors (Lipinski definition) is 6. The van der Waals surface area contributed by atoms with E-state index in [1.165, 1.54) is 6.07 Å². The van der Waals surface area contributed by atoms with Crippen LogP contribution in [0.2, 0.25) is 5.02 Å². The van der Waals surface area contributed by atoms with Gasteiger partial charge in [0.1, 0.15) is 18.2 Å². The van der Waals surface area contributed by atoms with E-state index in [1.54, 1.807) is 36.3 Å². The first-order valence-electron chi connectivity index (χ1n) is 10.1. The number of hydrogen-bond donors (Lipinski definition) is 3. The second-order valence-corrected chi connectivity index (χ2v) is 7.87. The average molecular weight is 462 g/mol. The number of nitrogens with zero attached hydrogens (tertiary/aromatic N) is 2. The molecule has 0 aliphatic rings. The molecule has 2 atom stereocenters. The molecule has 7 nitrogen and oxygen atoms in total. The maximum Gasteiger partial charge on any atom is 0.412 e. The highest BCUT2D eigenvalue weighted by molar-refractivity contribution is 6.31. The number of amides is 1. The van der Waals surface area contributed by atoms with E-state index in [0.29, 0.717) is 11.4 Å². The summed E-state index contributed by atoms with van der Waals surface area (Å²) in [4.78, 5) is 18.3. The van der Waals surface area contributed by atoms with Gasteiger partial charge in [-0.25, -0.2) is 14.2 Å². The molecule has 1 heterocycles. The number of halogens is 2. The first-order valence-corrected chi connectivity index (χ1v) is 10.5. The first kappa shape index (κ1) is 23.9. The summed E-state index contributed by atoms with van der Waals surface area (Å²) in [5.41, 5.74) is 0.558. The smallest absolute Gasteiger partial charge is 0.412 e. The van der Waals surface area contributed by atoms with E-state index in [9.17, 15) is 19.4 Å². The van der Waals surface area contributed by atoms with Crippen LogP contribution in [0.5, 0.6) is 0 Å². The van der Waals surface area contributed by atoms with Crippen LogP contribution in [0.4, 0.5) is 15.0 Å². The highest BCUT2D eigenvalue weighted by Gasteiger charge is 2.22. The van der Waals surface area contributed by atoms with Gasteiger partial charge in [-0.1, -0.05) is 48.0 Å². The molecule has 3 rings (SSSR count). The number of nitrogens with one attached hydrogen (secondary N) is 1. The molecule has 9 heteroatoms. The van der Waals surface area contributed by atoms with Gasteiger partial charge in [0.2, 0.25) is 0 Å². The number of aliphatic hydroxyl groups excluding tert-OH is 2. The monoisotopic (exact) mass is 461 g/mol. The lowest BCUT2D eigenvalue weighted by molar-refractivity contribution is 0.0382. The van der Waals surface area contributed by atoms with Gasteiger partial charge in [-0.3, -0.25) is 10.2 Å². The number of anilines is 1. The van der Waals surface area contributed by atoms with E-state index in [-0.39, 0.29) is 24.6 Å². The lowest BCUT2D eigenvalue weighted by atomic mass is 10.1. The Kier molecular flexibility index (Phi) is 8.35. The Balaban J connectivity index is 1.63. The summed E-state index contributed by atoms with van der Waals surface area (Å²) in [5.74, 6) is -0.177. The van der Waals surface area contributed by atoms with E-state index in [1.807, 2.05) is 24.3 Å². The number of carbonyl (C=O) groups excluding carboxylic acids is 1. The maximum atomic E-state index is 13.7. The molecule has 2 aromatic carbocycles. The second kappa shape index (κ2) is 11.2. The highest BCUT2D eigenvalue weighted by atomic mass is 35.5. The fourth-order valence-electron chi connectivity index (χ4n) is 3.30. The van der Waals surface area contributed by atoms with Crippen molar-refractivity contribution in [2.24, 2.45) is 0 Å². The molecular formula is C23H25ClFN3O4. The van der Waals surface area contributed by atoms with E-state index in [2.05, 4.69) is 10.3 Å². The summed E-state index contributed by atoms with van der Waals surface area (Å²) in [5, 5.41) is 23.6. The Morgan fingerprint density at radius 2 is 2.00 bits per heavy atom. The van der Waals surface area contributed by atoms with Crippen LogP contribution in [0.3, 0.4) is 0 Å². The summed E-state index contributed by atoms with van der Waals surface area (Å²) in [7, 11) is 1.74. The predicted molar refractivity (Wildman–Crippen MR) is 121 cm³/mol. The number of benzene rings is 2. The third kappa shape index (κ3) is 6.37. The van der Waals surface area contributed by atoms with Crippen molar-refractivity contribution in [2.75, 3.05) is 25.6 Å². The summed E-state index contributed by atoms with van der Waals surface area (Å²) in [6.07, 6.45) is 0.0937. The molecule has 0 spiro atoms. The van der Waals surface area contributed by atoms with Crippen molar-refractivity contribution >= 4 is 34.3 Å². The Morgan fingerprint density at radius 3 is 2.75 bits per heavy atom. The molecule has 3 aromatic rings. The van der Waals surface area contributed by atoms with E-state index < -0.39 is 30.7 Å². The minimum absolute atomic E-state index is 0.0156. The van der Waals surface area contributed by atoms with Crippen molar-refractivity contribution in [3.63, 3.8) is 0 Å². The van der Waals surface area contributed by atoms with Crippen LogP contribution >= 0.6 is 11.6 Å². The van der Waals surface area contributed by atoms with Crippen LogP contribution in [-0.2, 0) is 11.3 Å². The maximum absolute atomic E-state index is 13.7. The molecule has 0 unspecified atom stereocenters. The third-order valence-corrected chi connectivity index (χ3v) is 5.52. The zero-order valence-electron chi connectivity index (χ0n) is 17.5. The topological polar surface area (TPSA) is 94.9 Å². The number of rotatable bonds is 9. The van der Waals surface area contributed by atoms with Crippen molar-refractivity contribution in [1.29, 1.82) is 0 Å². The molecule has 0 aliphatic heterocycles. The van der Waals surface area contributed by atoms with Crippen molar-refractivity contribution < 1.29 is 24.1 Å². The number of pyridine rings is 1. The first-order chi connectivity index (χ1) is 15.4. The Morgan fingerprint density at radius 1 is 1.25 bits per heavy atom. The van der Waals surface area contributed by atoms with Crippen molar-refractivity contribution in [3.05, 3.63) is 71.1 Å². The van der Waals surface area contributed by atoms with E-state index >= 15 is 0 Å².